The third kappa shape index (κ3) is 4.66. The van der Waals surface area contributed by atoms with Gasteiger partial charge in [0, 0.05) is 31.8 Å². The Labute approximate surface area is 182 Å². The summed E-state index contributed by atoms with van der Waals surface area (Å²) in [4.78, 5) is 27.0. The number of nitrogens with zero attached hydrogens (tertiary/aromatic N) is 2. The van der Waals surface area contributed by atoms with Crippen LogP contribution < -0.4 is 21.1 Å². The van der Waals surface area contributed by atoms with Crippen molar-refractivity contribution in [2.45, 2.75) is 19.3 Å². The highest BCUT2D eigenvalue weighted by atomic mass is 35.5. The van der Waals surface area contributed by atoms with Crippen LogP contribution >= 0.6 is 23.2 Å². The summed E-state index contributed by atoms with van der Waals surface area (Å²) in [5, 5.41) is 0.382. The lowest BCUT2D eigenvalue weighted by Crippen LogP contribution is -2.42. The number of carbonyl (C=O) groups excluding carboxylic acids is 2. The van der Waals surface area contributed by atoms with Crippen molar-refractivity contribution in [2.75, 3.05) is 23.4 Å². The average Bonchev–Trinajstić information content (AvgIpc) is 2.70. The molecule has 1 fully saturated rings. The Balaban J connectivity index is 1.85. The number of hydrazine groups is 1. The zero-order chi connectivity index (χ0) is 22.0. The number of urea groups is 1. The fourth-order valence-electron chi connectivity index (χ4n) is 3.51. The van der Waals surface area contributed by atoms with Gasteiger partial charge in [-0.05, 0) is 42.5 Å². The van der Waals surface area contributed by atoms with Crippen molar-refractivity contribution in [1.82, 2.24) is 5.43 Å². The van der Waals surface area contributed by atoms with E-state index in [1.54, 1.807) is 0 Å². The van der Waals surface area contributed by atoms with E-state index in [9.17, 15) is 18.4 Å². The van der Waals surface area contributed by atoms with Crippen molar-refractivity contribution in [3.05, 3.63) is 57.6 Å². The molecule has 0 aliphatic carbocycles. The molecular formula is C20H20Cl2F2N4O2. The predicted octanol–water partition coefficient (Wildman–Crippen LogP) is 4.28. The Morgan fingerprint density at radius 2 is 1.93 bits per heavy atom. The number of nitrogens with two attached hydrogens (primary N) is 1. The smallest absolute Gasteiger partial charge is 0.309 e. The van der Waals surface area contributed by atoms with Gasteiger partial charge in [0.2, 0.25) is 5.91 Å². The van der Waals surface area contributed by atoms with Gasteiger partial charge in [0.05, 0.1) is 15.7 Å². The van der Waals surface area contributed by atoms with Gasteiger partial charge in [0.25, 0.3) is 0 Å². The Hall–Kier alpha value is -2.42. The van der Waals surface area contributed by atoms with Gasteiger partial charge in [-0.1, -0.05) is 29.3 Å². The monoisotopic (exact) mass is 456 g/mol. The second-order valence-corrected chi connectivity index (χ2v) is 7.93. The number of halogens is 4. The lowest BCUT2D eigenvalue weighted by atomic mass is 9.90. The highest BCUT2D eigenvalue weighted by Crippen LogP contribution is 2.40. The van der Waals surface area contributed by atoms with Crippen molar-refractivity contribution in [3.8, 4) is 0 Å². The Bertz CT molecular complexity index is 966. The van der Waals surface area contributed by atoms with E-state index in [1.807, 2.05) is 5.43 Å². The van der Waals surface area contributed by atoms with E-state index in [-0.39, 0.29) is 34.8 Å². The molecule has 1 saturated heterocycles. The molecule has 0 saturated carbocycles. The minimum atomic E-state index is -0.636. The van der Waals surface area contributed by atoms with Crippen molar-refractivity contribution in [2.24, 2.45) is 11.8 Å². The molecule has 0 spiro atoms. The first-order valence-corrected chi connectivity index (χ1v) is 9.94. The molecule has 1 heterocycles. The molecule has 0 radical (unpaired) electrons. The van der Waals surface area contributed by atoms with Gasteiger partial charge in [-0.15, -0.1) is 0 Å². The summed E-state index contributed by atoms with van der Waals surface area (Å²) in [6, 6.07) is 5.93. The number of hydrogen-bond acceptors (Lipinski definition) is 3. The average molecular weight is 457 g/mol. The van der Waals surface area contributed by atoms with E-state index in [0.717, 1.165) is 6.07 Å². The van der Waals surface area contributed by atoms with Crippen LogP contribution in [0.3, 0.4) is 0 Å². The van der Waals surface area contributed by atoms with E-state index in [1.165, 1.54) is 41.1 Å². The minimum absolute atomic E-state index is 0.0554. The summed E-state index contributed by atoms with van der Waals surface area (Å²) in [5.74, 6) is 3.68. The highest BCUT2D eigenvalue weighted by molar-refractivity contribution is 6.40. The minimum Gasteiger partial charge on any atom is -0.309 e. The van der Waals surface area contributed by atoms with E-state index < -0.39 is 17.7 Å². The number of hydrogen-bond donors (Lipinski definition) is 2. The third-order valence-electron chi connectivity index (χ3n) is 5.12. The molecule has 1 unspecified atom stereocenters. The van der Waals surface area contributed by atoms with Crippen LogP contribution in [0.5, 0.6) is 0 Å². The Morgan fingerprint density at radius 3 is 2.53 bits per heavy atom. The first kappa shape index (κ1) is 22.3. The second-order valence-electron chi connectivity index (χ2n) is 7.12. The van der Waals surface area contributed by atoms with Gasteiger partial charge < -0.3 is 4.90 Å². The summed E-state index contributed by atoms with van der Waals surface area (Å²) < 4.78 is 27.2. The predicted molar refractivity (Wildman–Crippen MR) is 113 cm³/mol. The molecule has 6 nitrogen and oxygen atoms in total. The first-order valence-electron chi connectivity index (χ1n) is 9.19. The fraction of sp³-hybridized carbons (Fsp3) is 0.300. The van der Waals surface area contributed by atoms with Crippen LogP contribution in [0.25, 0.3) is 0 Å². The van der Waals surface area contributed by atoms with Crippen LogP contribution in [0.4, 0.5) is 25.0 Å². The molecule has 1 atom stereocenters. The topological polar surface area (TPSA) is 78.7 Å². The highest BCUT2D eigenvalue weighted by Gasteiger charge is 2.30. The quantitative estimate of drug-likeness (QED) is 0.409. The van der Waals surface area contributed by atoms with Crippen molar-refractivity contribution < 1.29 is 18.4 Å². The summed E-state index contributed by atoms with van der Waals surface area (Å²) in [7, 11) is 1.49. The third-order valence-corrected chi connectivity index (χ3v) is 5.70. The van der Waals surface area contributed by atoms with Crippen molar-refractivity contribution in [3.63, 3.8) is 0 Å². The molecule has 0 bridgehead atoms. The van der Waals surface area contributed by atoms with Crippen LogP contribution in [0.2, 0.25) is 10.0 Å². The van der Waals surface area contributed by atoms with Gasteiger partial charge >= 0.3 is 6.03 Å². The summed E-state index contributed by atoms with van der Waals surface area (Å²) in [6.07, 6.45) is 1.17. The Kier molecular flexibility index (Phi) is 6.80. The molecule has 0 aromatic heterocycles. The van der Waals surface area contributed by atoms with Crippen molar-refractivity contribution >= 4 is 46.5 Å². The molecule has 2 aromatic carbocycles. The zero-order valence-corrected chi connectivity index (χ0v) is 17.6. The van der Waals surface area contributed by atoms with Crippen LogP contribution in [-0.2, 0) is 11.2 Å². The molecular weight excluding hydrogens is 437 g/mol. The fourth-order valence-corrected chi connectivity index (χ4v) is 4.19. The number of nitrogens with one attached hydrogen (secondary N) is 1. The SMILES string of the molecule is CN(C(=O)NN)c1cc(Cl)c(N2CC(Cc3ccc(F)cc3F)CCC2=O)c(Cl)c1. The number of rotatable bonds is 4. The normalized spacial score (nSPS) is 16.5. The van der Waals surface area contributed by atoms with Crippen LogP contribution in [0.1, 0.15) is 18.4 Å². The van der Waals surface area contributed by atoms with Gasteiger partial charge in [-0.3, -0.25) is 15.1 Å². The van der Waals surface area contributed by atoms with Gasteiger partial charge in [-0.25, -0.2) is 19.4 Å². The maximum atomic E-state index is 14.0. The molecule has 30 heavy (non-hydrogen) atoms. The van der Waals surface area contributed by atoms with Crippen molar-refractivity contribution in [1.29, 1.82) is 0 Å². The maximum Gasteiger partial charge on any atom is 0.335 e. The van der Waals surface area contributed by atoms with Crippen LogP contribution in [0.15, 0.2) is 30.3 Å². The standard InChI is InChI=1S/C20H20Cl2F2N4O2/c1-27(20(30)26-25)14-8-15(21)19(16(22)9-14)28-10-11(2-5-18(28)29)6-12-3-4-13(23)7-17(12)24/h3-4,7-9,11H,2,5-6,10,25H2,1H3,(H,26,30). The molecule has 3 N–H and O–H groups in total. The molecule has 3 rings (SSSR count). The van der Waals surface area contributed by atoms with E-state index in [0.29, 0.717) is 29.8 Å². The number of benzene rings is 2. The van der Waals surface area contributed by atoms with Crippen LogP contribution in [-0.4, -0.2) is 25.5 Å². The van der Waals surface area contributed by atoms with E-state index in [2.05, 4.69) is 0 Å². The summed E-state index contributed by atoms with van der Waals surface area (Å²) in [5.41, 5.74) is 3.12. The molecule has 160 valence electrons. The van der Waals surface area contributed by atoms with Gasteiger partial charge in [0.15, 0.2) is 0 Å². The maximum absolute atomic E-state index is 14.0. The largest absolute Gasteiger partial charge is 0.335 e. The second kappa shape index (κ2) is 9.16. The van der Waals surface area contributed by atoms with Crippen LogP contribution in [0, 0.1) is 17.6 Å². The summed E-state index contributed by atoms with van der Waals surface area (Å²) in [6.45, 7) is 0.285. The molecule has 1 aliphatic rings. The van der Waals surface area contributed by atoms with E-state index >= 15 is 0 Å². The van der Waals surface area contributed by atoms with Gasteiger partial charge in [0.1, 0.15) is 11.6 Å². The lowest BCUT2D eigenvalue weighted by Gasteiger charge is -2.34. The Morgan fingerprint density at radius 1 is 1.27 bits per heavy atom. The lowest BCUT2D eigenvalue weighted by molar-refractivity contribution is -0.120. The molecule has 1 aliphatic heterocycles. The number of amides is 3. The number of piperidine rings is 1. The zero-order valence-electron chi connectivity index (χ0n) is 16.1. The number of carbonyl (C=O) groups is 2. The number of anilines is 2. The molecule has 10 heteroatoms. The first-order chi connectivity index (χ1) is 14.2. The van der Waals surface area contributed by atoms with Gasteiger partial charge in [-0.2, -0.15) is 0 Å². The van der Waals surface area contributed by atoms with E-state index in [4.69, 9.17) is 29.0 Å². The summed E-state index contributed by atoms with van der Waals surface area (Å²) >= 11 is 12.8. The molecule has 2 aromatic rings. The molecule has 3 amide bonds.